The standard InChI is InChI=1S/C26H21F4N5O3S4/c1-6-12-14(27)8-7-11-9-15-13(10-31-35(15)42(36,37)26(28,29)30)17(16(11)12)19-21-20(41-34-19)18-22(38-25(2,3)4)32-24(39-5)33-23(18)40-21/h7-10H,6H2,1-5H3. The number of aryl methyl sites for hydroxylation is 1. The van der Waals surface area contributed by atoms with Gasteiger partial charge in [0.1, 0.15) is 21.9 Å². The molecule has 8 nitrogen and oxygen atoms in total. The smallest absolute Gasteiger partial charge is 0.471 e. The molecular weight excluding hydrogens is 635 g/mol. The van der Waals surface area contributed by atoms with Crippen molar-refractivity contribution in [2.24, 2.45) is 0 Å². The van der Waals surface area contributed by atoms with Gasteiger partial charge in [0.15, 0.2) is 5.16 Å². The second-order valence-corrected chi connectivity index (χ2v) is 14.6. The van der Waals surface area contributed by atoms with Gasteiger partial charge in [-0.3, -0.25) is 0 Å². The van der Waals surface area contributed by atoms with Crippen LogP contribution in [0.25, 0.3) is 52.5 Å². The van der Waals surface area contributed by atoms with Crippen LogP contribution >= 0.6 is 34.6 Å². The monoisotopic (exact) mass is 655 g/mol. The highest BCUT2D eigenvalue weighted by molar-refractivity contribution is 7.98. The first-order valence-corrected chi connectivity index (χ1v) is 16.7. The molecular formula is C26H21F4N5O3S4. The maximum absolute atomic E-state index is 15.1. The van der Waals surface area contributed by atoms with Crippen LogP contribution in [0.4, 0.5) is 17.6 Å². The molecule has 16 heteroatoms. The summed E-state index contributed by atoms with van der Waals surface area (Å²) in [7, 11) is -5.85. The van der Waals surface area contributed by atoms with Crippen molar-refractivity contribution in [2.75, 3.05) is 6.26 Å². The van der Waals surface area contributed by atoms with E-state index in [0.29, 0.717) is 52.7 Å². The number of thioether (sulfide) groups is 1. The molecule has 6 rings (SSSR count). The lowest BCUT2D eigenvalue weighted by molar-refractivity contribution is -0.0448. The van der Waals surface area contributed by atoms with E-state index in [2.05, 4.69) is 19.4 Å². The Bertz CT molecular complexity index is 2160. The van der Waals surface area contributed by atoms with Crippen molar-refractivity contribution in [3.05, 3.63) is 35.8 Å². The van der Waals surface area contributed by atoms with Crippen molar-refractivity contribution in [3.63, 3.8) is 0 Å². The third-order valence-corrected chi connectivity index (χ3v) is 10.4. The molecule has 0 saturated heterocycles. The maximum atomic E-state index is 15.1. The van der Waals surface area contributed by atoms with Gasteiger partial charge in [-0.25, -0.2) is 9.37 Å². The first-order valence-electron chi connectivity index (χ1n) is 12.4. The van der Waals surface area contributed by atoms with Crippen LogP contribution in [0.1, 0.15) is 33.3 Å². The van der Waals surface area contributed by atoms with Crippen molar-refractivity contribution in [1.82, 2.24) is 23.5 Å². The first kappa shape index (κ1) is 29.0. The fourth-order valence-corrected chi connectivity index (χ4v) is 8.23. The molecule has 0 aliphatic heterocycles. The quantitative estimate of drug-likeness (QED) is 0.106. The molecule has 0 amide bonds. The van der Waals surface area contributed by atoms with E-state index in [4.69, 9.17) is 4.74 Å². The molecule has 0 bridgehead atoms. The number of hydrogen-bond donors (Lipinski definition) is 0. The lowest BCUT2D eigenvalue weighted by Gasteiger charge is -2.20. The van der Waals surface area contributed by atoms with Crippen molar-refractivity contribution in [2.45, 2.75) is 50.4 Å². The van der Waals surface area contributed by atoms with Gasteiger partial charge in [0.25, 0.3) is 0 Å². The van der Waals surface area contributed by atoms with E-state index in [-0.39, 0.29) is 27.0 Å². The summed E-state index contributed by atoms with van der Waals surface area (Å²) in [6.07, 6.45) is 3.16. The Morgan fingerprint density at radius 3 is 2.48 bits per heavy atom. The normalized spacial score (nSPS) is 13.3. The topological polar surface area (TPSA) is 99.9 Å². The predicted octanol–water partition coefficient (Wildman–Crippen LogP) is 7.77. The molecule has 0 unspecified atom stereocenters. The molecule has 0 fully saturated rings. The van der Waals surface area contributed by atoms with E-state index in [9.17, 15) is 21.6 Å². The van der Waals surface area contributed by atoms with Crippen LogP contribution in [0, 0.1) is 5.82 Å². The van der Waals surface area contributed by atoms with Gasteiger partial charge in [-0.2, -0.15) is 36.0 Å². The summed E-state index contributed by atoms with van der Waals surface area (Å²) < 4.78 is 93.0. The average Bonchev–Trinajstić information content (AvgIpc) is 3.59. The van der Waals surface area contributed by atoms with Gasteiger partial charge in [-0.05, 0) is 73.4 Å². The van der Waals surface area contributed by atoms with Gasteiger partial charge in [0.05, 0.1) is 26.5 Å². The minimum Gasteiger partial charge on any atom is -0.471 e. The minimum atomic E-state index is -5.85. The zero-order valence-corrected chi connectivity index (χ0v) is 25.9. The van der Waals surface area contributed by atoms with Crippen LogP contribution in [0.5, 0.6) is 5.88 Å². The molecule has 220 valence electrons. The Hall–Kier alpha value is -3.08. The predicted molar refractivity (Wildman–Crippen MR) is 159 cm³/mol. The number of halogens is 4. The fraction of sp³-hybridized carbons (Fsp3) is 0.308. The van der Waals surface area contributed by atoms with Crippen molar-refractivity contribution >= 4 is 85.9 Å². The van der Waals surface area contributed by atoms with E-state index < -0.39 is 26.9 Å². The second kappa shape index (κ2) is 9.72. The van der Waals surface area contributed by atoms with Crippen LogP contribution in [-0.4, -0.2) is 49.3 Å². The number of rotatable bonds is 5. The minimum absolute atomic E-state index is 0.0275. The SMILES string of the molecule is CCc1c(F)ccc2cc3c(cnn3S(=O)(=O)C(F)(F)F)c(-c3nsc4c3sc3nc(SC)nc(OC(C)(C)C)c34)c12. The van der Waals surface area contributed by atoms with Crippen LogP contribution in [-0.2, 0) is 16.4 Å². The largest absolute Gasteiger partial charge is 0.518 e. The van der Waals surface area contributed by atoms with Crippen molar-refractivity contribution in [3.8, 4) is 17.1 Å². The van der Waals surface area contributed by atoms with Crippen LogP contribution in [0.15, 0.2) is 29.6 Å². The highest BCUT2D eigenvalue weighted by atomic mass is 32.2. The van der Waals surface area contributed by atoms with Gasteiger partial charge >= 0.3 is 15.5 Å². The van der Waals surface area contributed by atoms with Gasteiger partial charge in [0.2, 0.25) is 5.88 Å². The number of fused-ring (bicyclic) bond motifs is 5. The molecule has 4 aromatic heterocycles. The molecule has 0 spiro atoms. The molecule has 0 saturated carbocycles. The number of thiophene rings is 1. The summed E-state index contributed by atoms with van der Waals surface area (Å²) in [6, 6.07) is 3.90. The summed E-state index contributed by atoms with van der Waals surface area (Å²) in [5.74, 6) is -0.134. The second-order valence-electron chi connectivity index (χ2n) is 10.3. The molecule has 4 heterocycles. The molecule has 6 aromatic rings. The molecule has 0 atom stereocenters. The third-order valence-electron chi connectivity index (χ3n) is 6.47. The van der Waals surface area contributed by atoms with Crippen molar-refractivity contribution in [1.29, 1.82) is 0 Å². The molecule has 0 aliphatic carbocycles. The van der Waals surface area contributed by atoms with E-state index >= 15 is 4.39 Å². The lowest BCUT2D eigenvalue weighted by atomic mass is 9.93. The van der Waals surface area contributed by atoms with Crippen LogP contribution in [0.3, 0.4) is 0 Å². The number of nitrogens with zero attached hydrogens (tertiary/aromatic N) is 5. The molecule has 0 N–H and O–H groups in total. The summed E-state index contributed by atoms with van der Waals surface area (Å²) in [5, 5.41) is 5.63. The molecule has 2 aromatic carbocycles. The Morgan fingerprint density at radius 2 is 1.83 bits per heavy atom. The number of benzene rings is 2. The van der Waals surface area contributed by atoms with E-state index in [1.165, 1.54) is 41.3 Å². The average molecular weight is 656 g/mol. The Balaban J connectivity index is 1.76. The van der Waals surface area contributed by atoms with E-state index in [1.807, 2.05) is 27.0 Å². The Morgan fingerprint density at radius 1 is 1.10 bits per heavy atom. The number of ether oxygens (including phenoxy) is 1. The first-order chi connectivity index (χ1) is 19.7. The highest BCUT2D eigenvalue weighted by Crippen LogP contribution is 2.49. The number of hydrogen-bond acceptors (Lipinski definition) is 10. The maximum Gasteiger partial charge on any atom is 0.518 e. The van der Waals surface area contributed by atoms with E-state index in [0.717, 1.165) is 17.7 Å². The number of alkyl halides is 3. The van der Waals surface area contributed by atoms with Gasteiger partial charge in [-0.1, -0.05) is 24.8 Å². The third kappa shape index (κ3) is 4.41. The summed E-state index contributed by atoms with van der Waals surface area (Å²) in [6.45, 7) is 7.43. The number of aromatic nitrogens is 5. The Kier molecular flexibility index (Phi) is 6.71. The molecule has 42 heavy (non-hydrogen) atoms. The van der Waals surface area contributed by atoms with Crippen LogP contribution < -0.4 is 4.74 Å². The zero-order valence-electron chi connectivity index (χ0n) is 22.6. The zero-order chi connectivity index (χ0) is 30.4. The highest BCUT2D eigenvalue weighted by Gasteiger charge is 2.49. The summed E-state index contributed by atoms with van der Waals surface area (Å²) >= 11 is 3.76. The summed E-state index contributed by atoms with van der Waals surface area (Å²) in [5.41, 5.74) is -5.50. The Labute approximate surface area is 248 Å². The van der Waals surface area contributed by atoms with Gasteiger partial charge < -0.3 is 4.74 Å². The van der Waals surface area contributed by atoms with Crippen LogP contribution in [0.2, 0.25) is 0 Å². The molecule has 0 aliphatic rings. The van der Waals surface area contributed by atoms with Crippen molar-refractivity contribution < 1.29 is 30.7 Å². The summed E-state index contributed by atoms with van der Waals surface area (Å²) in [4.78, 5) is 9.85. The van der Waals surface area contributed by atoms with E-state index in [1.54, 1.807) is 6.92 Å². The van der Waals surface area contributed by atoms with Gasteiger partial charge in [0, 0.05) is 10.9 Å². The molecule has 0 radical (unpaired) electrons. The lowest BCUT2D eigenvalue weighted by Crippen LogP contribution is -2.30. The fourth-order valence-electron chi connectivity index (χ4n) is 4.80. The van der Waals surface area contributed by atoms with Gasteiger partial charge in [-0.15, -0.1) is 15.4 Å².